The van der Waals surface area contributed by atoms with Crippen LogP contribution in [0.5, 0.6) is 0 Å². The van der Waals surface area contributed by atoms with Gasteiger partial charge in [0.1, 0.15) is 11.9 Å². The first-order chi connectivity index (χ1) is 14.4. The summed E-state index contributed by atoms with van der Waals surface area (Å²) in [6, 6.07) is 7.04. The molecule has 0 bridgehead atoms. The van der Waals surface area contributed by atoms with Crippen molar-refractivity contribution in [1.29, 1.82) is 5.26 Å². The molecular weight excluding hydrogens is 404 g/mol. The van der Waals surface area contributed by atoms with E-state index in [2.05, 4.69) is 21.1 Å². The predicted molar refractivity (Wildman–Crippen MR) is 112 cm³/mol. The van der Waals surface area contributed by atoms with Gasteiger partial charge in [-0.3, -0.25) is 4.90 Å². The summed E-state index contributed by atoms with van der Waals surface area (Å²) in [5.41, 5.74) is 14.4. The van der Waals surface area contributed by atoms with Gasteiger partial charge in [0, 0.05) is 48.4 Å². The SMILES string of the molecule is N#CC(c1ccc(-n2cc(-c3ccnc(N)c3N)cn2)nc1)N1CCS(=O)(=O)CC1. The lowest BCUT2D eigenvalue weighted by atomic mass is 10.1. The van der Waals surface area contributed by atoms with Gasteiger partial charge in [-0.1, -0.05) is 6.07 Å². The normalized spacial score (nSPS) is 17.3. The monoisotopic (exact) mass is 424 g/mol. The molecule has 0 radical (unpaired) electrons. The minimum absolute atomic E-state index is 0.0649. The van der Waals surface area contributed by atoms with Crippen LogP contribution in [0.15, 0.2) is 43.0 Å². The second kappa shape index (κ2) is 7.74. The summed E-state index contributed by atoms with van der Waals surface area (Å²) in [6.07, 6.45) is 6.64. The van der Waals surface area contributed by atoms with Crippen molar-refractivity contribution in [2.24, 2.45) is 0 Å². The molecule has 3 aromatic rings. The molecule has 1 aliphatic heterocycles. The largest absolute Gasteiger partial charge is 0.395 e. The number of anilines is 2. The van der Waals surface area contributed by atoms with Crippen LogP contribution in [0.25, 0.3) is 16.9 Å². The lowest BCUT2D eigenvalue weighted by molar-refractivity contribution is 0.255. The maximum Gasteiger partial charge on any atom is 0.153 e. The molecule has 1 unspecified atom stereocenters. The van der Waals surface area contributed by atoms with Crippen LogP contribution < -0.4 is 11.5 Å². The molecule has 0 aliphatic carbocycles. The summed E-state index contributed by atoms with van der Waals surface area (Å²) in [6.45, 7) is 0.669. The van der Waals surface area contributed by atoms with Crippen LogP contribution in [0.3, 0.4) is 0 Å². The zero-order chi connectivity index (χ0) is 21.3. The van der Waals surface area contributed by atoms with E-state index in [1.807, 2.05) is 4.90 Å². The molecule has 1 fully saturated rings. The number of sulfone groups is 1. The van der Waals surface area contributed by atoms with Crippen molar-refractivity contribution in [2.45, 2.75) is 6.04 Å². The van der Waals surface area contributed by atoms with Crippen molar-refractivity contribution < 1.29 is 8.42 Å². The maximum atomic E-state index is 11.6. The van der Waals surface area contributed by atoms with E-state index in [0.29, 0.717) is 30.2 Å². The van der Waals surface area contributed by atoms with Crippen LogP contribution in [-0.4, -0.2) is 57.7 Å². The third-order valence-corrected chi connectivity index (χ3v) is 6.71. The Bertz CT molecular complexity index is 1200. The number of rotatable bonds is 4. The van der Waals surface area contributed by atoms with E-state index in [1.54, 1.807) is 47.7 Å². The standard InChI is InChI=1S/C19H20N8O2S/c20-9-16(26-5-7-30(28,29)8-6-26)13-1-2-17(24-10-13)27-12-14(11-25-27)15-3-4-23-19(22)18(15)21/h1-4,10-12,16H,5-8,21H2,(H2,22,23). The Kier molecular flexibility index (Phi) is 5.11. The third-order valence-electron chi connectivity index (χ3n) is 5.10. The van der Waals surface area contributed by atoms with Crippen LogP contribution in [0.1, 0.15) is 11.6 Å². The van der Waals surface area contributed by atoms with E-state index in [0.717, 1.165) is 11.1 Å². The molecule has 4 N–H and O–H groups in total. The highest BCUT2D eigenvalue weighted by Gasteiger charge is 2.28. The fourth-order valence-corrected chi connectivity index (χ4v) is 4.60. The molecule has 1 aliphatic rings. The van der Waals surface area contributed by atoms with Crippen molar-refractivity contribution >= 4 is 21.3 Å². The quantitative estimate of drug-likeness (QED) is 0.618. The van der Waals surface area contributed by atoms with Gasteiger partial charge in [0.25, 0.3) is 0 Å². The second-order valence-electron chi connectivity index (χ2n) is 7.00. The van der Waals surface area contributed by atoms with Crippen LogP contribution >= 0.6 is 0 Å². The summed E-state index contributed by atoms with van der Waals surface area (Å²) >= 11 is 0. The molecule has 0 spiro atoms. The van der Waals surface area contributed by atoms with Crippen molar-refractivity contribution in [3.05, 3.63) is 48.5 Å². The third kappa shape index (κ3) is 3.83. The van der Waals surface area contributed by atoms with E-state index >= 15 is 0 Å². The summed E-state index contributed by atoms with van der Waals surface area (Å²) < 4.78 is 24.9. The number of nitrogen functional groups attached to an aromatic ring is 2. The molecule has 0 saturated carbocycles. The highest BCUT2D eigenvalue weighted by Crippen LogP contribution is 2.29. The summed E-state index contributed by atoms with van der Waals surface area (Å²) in [5.74, 6) is 0.962. The fraction of sp³-hybridized carbons (Fsp3) is 0.263. The Morgan fingerprint density at radius 1 is 1.10 bits per heavy atom. The smallest absolute Gasteiger partial charge is 0.153 e. The van der Waals surface area contributed by atoms with E-state index in [4.69, 9.17) is 11.5 Å². The molecule has 30 heavy (non-hydrogen) atoms. The average molecular weight is 424 g/mol. The maximum absolute atomic E-state index is 11.6. The summed E-state index contributed by atoms with van der Waals surface area (Å²) in [5, 5.41) is 13.9. The Morgan fingerprint density at radius 3 is 2.53 bits per heavy atom. The van der Waals surface area contributed by atoms with Gasteiger partial charge in [-0.2, -0.15) is 10.4 Å². The van der Waals surface area contributed by atoms with Gasteiger partial charge in [0.2, 0.25) is 0 Å². The van der Waals surface area contributed by atoms with Gasteiger partial charge in [-0.25, -0.2) is 23.1 Å². The first-order valence-electron chi connectivity index (χ1n) is 9.23. The zero-order valence-electron chi connectivity index (χ0n) is 16.0. The number of hydrogen-bond donors (Lipinski definition) is 2. The predicted octanol–water partition coefficient (Wildman–Crippen LogP) is 0.789. The number of nitriles is 1. The van der Waals surface area contributed by atoms with E-state index in [9.17, 15) is 13.7 Å². The average Bonchev–Trinajstić information content (AvgIpc) is 3.22. The van der Waals surface area contributed by atoms with Gasteiger partial charge in [0.15, 0.2) is 15.7 Å². The molecule has 154 valence electrons. The highest BCUT2D eigenvalue weighted by atomic mass is 32.2. The minimum atomic E-state index is -3.01. The molecule has 1 atom stereocenters. The van der Waals surface area contributed by atoms with Crippen LogP contribution in [0.2, 0.25) is 0 Å². The van der Waals surface area contributed by atoms with Crippen molar-refractivity contribution in [1.82, 2.24) is 24.6 Å². The molecule has 3 aromatic heterocycles. The van der Waals surface area contributed by atoms with Crippen molar-refractivity contribution in [2.75, 3.05) is 36.1 Å². The molecule has 4 rings (SSSR count). The molecule has 4 heterocycles. The van der Waals surface area contributed by atoms with Crippen LogP contribution in [0, 0.1) is 11.3 Å². The number of nitrogens with zero attached hydrogens (tertiary/aromatic N) is 6. The van der Waals surface area contributed by atoms with Crippen molar-refractivity contribution in [3.8, 4) is 23.0 Å². The van der Waals surface area contributed by atoms with Gasteiger partial charge >= 0.3 is 0 Å². The Hall–Kier alpha value is -3.49. The molecule has 10 nitrogen and oxygen atoms in total. The van der Waals surface area contributed by atoms with E-state index < -0.39 is 15.9 Å². The van der Waals surface area contributed by atoms with Gasteiger partial charge in [0.05, 0.1) is 29.5 Å². The second-order valence-corrected chi connectivity index (χ2v) is 9.30. The van der Waals surface area contributed by atoms with Crippen LogP contribution in [-0.2, 0) is 9.84 Å². The van der Waals surface area contributed by atoms with Crippen molar-refractivity contribution in [3.63, 3.8) is 0 Å². The first-order valence-corrected chi connectivity index (χ1v) is 11.1. The summed E-state index contributed by atoms with van der Waals surface area (Å²) in [7, 11) is -3.01. The van der Waals surface area contributed by atoms with Gasteiger partial charge in [-0.15, -0.1) is 0 Å². The van der Waals surface area contributed by atoms with E-state index in [1.165, 1.54) is 0 Å². The molecule has 0 aromatic carbocycles. The molecule has 0 amide bonds. The lowest BCUT2D eigenvalue weighted by Crippen LogP contribution is -2.42. The number of hydrogen-bond acceptors (Lipinski definition) is 9. The minimum Gasteiger partial charge on any atom is -0.395 e. The highest BCUT2D eigenvalue weighted by molar-refractivity contribution is 7.91. The number of aromatic nitrogens is 4. The number of pyridine rings is 2. The van der Waals surface area contributed by atoms with E-state index in [-0.39, 0.29) is 17.3 Å². The first kappa shape index (κ1) is 19.8. The Morgan fingerprint density at radius 2 is 1.87 bits per heavy atom. The molecule has 11 heteroatoms. The Labute approximate surface area is 173 Å². The molecule has 1 saturated heterocycles. The fourth-order valence-electron chi connectivity index (χ4n) is 3.37. The van der Waals surface area contributed by atoms with Gasteiger partial charge < -0.3 is 11.5 Å². The summed E-state index contributed by atoms with van der Waals surface area (Å²) in [4.78, 5) is 10.2. The molecular formula is C19H20N8O2S. The topological polar surface area (TPSA) is 157 Å². The lowest BCUT2D eigenvalue weighted by Gasteiger charge is -2.30. The van der Waals surface area contributed by atoms with Crippen LogP contribution in [0.4, 0.5) is 11.5 Å². The zero-order valence-corrected chi connectivity index (χ0v) is 16.8. The number of nitrogens with two attached hydrogens (primary N) is 2. The van der Waals surface area contributed by atoms with Gasteiger partial charge in [-0.05, 0) is 12.1 Å². The Balaban J connectivity index is 1.55.